The molecule has 0 radical (unpaired) electrons. The Labute approximate surface area is 102 Å². The molecule has 0 aliphatic carbocycles. The van der Waals surface area contributed by atoms with Crippen LogP contribution in [0, 0.1) is 5.41 Å². The average molecular weight is 257 g/mol. The van der Waals surface area contributed by atoms with Crippen LogP contribution in [-0.2, 0) is 11.3 Å². The molecule has 6 heteroatoms. The predicted octanol–water partition coefficient (Wildman–Crippen LogP) is 1.99. The summed E-state index contributed by atoms with van der Waals surface area (Å²) in [5, 5.41) is 7.66. The van der Waals surface area contributed by atoms with E-state index in [0.29, 0.717) is 6.61 Å². The lowest BCUT2D eigenvalue weighted by atomic mass is 10.3. The lowest BCUT2D eigenvalue weighted by molar-refractivity contribution is 0.168. The van der Waals surface area contributed by atoms with Crippen LogP contribution in [0.3, 0.4) is 0 Å². The third-order valence-corrected chi connectivity index (χ3v) is 4.86. The van der Waals surface area contributed by atoms with Crippen LogP contribution in [0.15, 0.2) is 10.5 Å². The van der Waals surface area contributed by atoms with Crippen molar-refractivity contribution in [3.63, 3.8) is 0 Å². The second-order valence-electron chi connectivity index (χ2n) is 3.66. The van der Waals surface area contributed by atoms with E-state index < -0.39 is 0 Å². The Bertz CT molecular complexity index is 416. The maximum absolute atomic E-state index is 7.66. The number of amidine groups is 1. The predicted molar refractivity (Wildman–Crippen MR) is 69.7 cm³/mol. The molecule has 0 saturated carbocycles. The molecule has 1 aromatic rings. The third kappa shape index (κ3) is 2.62. The van der Waals surface area contributed by atoms with Gasteiger partial charge in [-0.25, -0.2) is 4.98 Å². The van der Waals surface area contributed by atoms with Gasteiger partial charge in [0.25, 0.3) is 6.02 Å². The van der Waals surface area contributed by atoms with Gasteiger partial charge in [0.05, 0.1) is 13.2 Å². The first kappa shape index (κ1) is 11.6. The molecule has 1 fully saturated rings. The molecule has 4 nitrogen and oxygen atoms in total. The van der Waals surface area contributed by atoms with Crippen molar-refractivity contribution in [3.05, 3.63) is 11.1 Å². The molecule has 0 aromatic carbocycles. The number of ether oxygens (including phenoxy) is 1. The minimum Gasteiger partial charge on any atom is -0.465 e. The molecular formula is C10H15N3OS2. The van der Waals surface area contributed by atoms with Crippen LogP contribution >= 0.6 is 21.8 Å². The molecule has 0 bridgehead atoms. The molecule has 2 rings (SSSR count). The van der Waals surface area contributed by atoms with E-state index in [1.54, 1.807) is 11.3 Å². The van der Waals surface area contributed by atoms with Crippen LogP contribution in [0.5, 0.6) is 0 Å². The lowest BCUT2D eigenvalue weighted by Crippen LogP contribution is -2.37. The van der Waals surface area contributed by atoms with E-state index >= 15 is 0 Å². The molecule has 0 amide bonds. The van der Waals surface area contributed by atoms with Crippen molar-refractivity contribution in [2.45, 2.75) is 17.3 Å². The summed E-state index contributed by atoms with van der Waals surface area (Å²) in [5.41, 5.74) is 0. The zero-order valence-corrected chi connectivity index (χ0v) is 10.9. The van der Waals surface area contributed by atoms with Crippen LogP contribution in [0.4, 0.5) is 0 Å². The van der Waals surface area contributed by atoms with Gasteiger partial charge in [0.1, 0.15) is 4.34 Å². The van der Waals surface area contributed by atoms with E-state index in [1.165, 1.54) is 4.88 Å². The van der Waals surface area contributed by atoms with Gasteiger partial charge in [-0.3, -0.25) is 5.41 Å². The first-order valence-corrected chi connectivity index (χ1v) is 7.65. The average Bonchev–Trinajstić information content (AvgIpc) is 2.70. The topological polar surface area (TPSA) is 49.2 Å². The molecule has 0 spiro atoms. The first-order chi connectivity index (χ1) is 7.66. The van der Waals surface area contributed by atoms with Gasteiger partial charge >= 0.3 is 0 Å². The molecule has 16 heavy (non-hydrogen) atoms. The fraction of sp³-hybridized carbons (Fsp3) is 0.500. The van der Waals surface area contributed by atoms with E-state index in [2.05, 4.69) is 17.1 Å². The fourth-order valence-electron chi connectivity index (χ4n) is 1.48. The van der Waals surface area contributed by atoms with E-state index in [4.69, 9.17) is 10.1 Å². The highest BCUT2D eigenvalue weighted by atomic mass is 32.2. The summed E-state index contributed by atoms with van der Waals surface area (Å²) in [4.78, 5) is 7.45. The van der Waals surface area contributed by atoms with E-state index in [9.17, 15) is 0 Å². The number of rotatable bonds is 3. The number of nitrogens with zero attached hydrogens (tertiary/aromatic N) is 2. The Kier molecular flexibility index (Phi) is 3.60. The summed E-state index contributed by atoms with van der Waals surface area (Å²) in [6, 6.07) is 0.284. The zero-order chi connectivity index (χ0) is 11.5. The molecule has 88 valence electrons. The number of hydrogen-bond donors (Lipinski definition) is 1. The summed E-state index contributed by atoms with van der Waals surface area (Å²) in [6.07, 6.45) is 4.94. The van der Waals surface area contributed by atoms with Crippen molar-refractivity contribution in [1.29, 1.82) is 5.41 Å². The smallest absolute Gasteiger partial charge is 0.284 e. The van der Waals surface area contributed by atoms with Crippen molar-refractivity contribution in [2.75, 3.05) is 19.4 Å². The molecule has 1 unspecified atom stereocenters. The normalized spacial score (nSPS) is 18.3. The molecule has 1 atom stereocenters. The van der Waals surface area contributed by atoms with E-state index in [1.807, 2.05) is 11.1 Å². The van der Waals surface area contributed by atoms with Gasteiger partial charge in [-0.15, -0.1) is 21.8 Å². The molecule has 1 aliphatic rings. The standard InChI is InChI=1S/C10H15N3OS2/c1-16(2)10-12-6-8(15-10)7-13-4-3-5-14-9(13)11/h6,11H,1,3-5,7H2,2H3. The van der Waals surface area contributed by atoms with Crippen molar-refractivity contribution >= 4 is 33.7 Å². The highest BCUT2D eigenvalue weighted by Gasteiger charge is 2.17. The van der Waals surface area contributed by atoms with Crippen LogP contribution in [0.1, 0.15) is 11.3 Å². The van der Waals surface area contributed by atoms with Crippen LogP contribution < -0.4 is 0 Å². The summed E-state index contributed by atoms with van der Waals surface area (Å²) >= 11 is 1.68. The number of thiazole rings is 1. The second kappa shape index (κ2) is 4.97. The van der Waals surface area contributed by atoms with Crippen LogP contribution in [-0.4, -0.2) is 41.2 Å². The largest absolute Gasteiger partial charge is 0.465 e. The Morgan fingerprint density at radius 2 is 2.56 bits per heavy atom. The second-order valence-corrected chi connectivity index (χ2v) is 6.69. The fourth-order valence-corrected chi connectivity index (χ4v) is 3.26. The van der Waals surface area contributed by atoms with Gasteiger partial charge in [-0.1, -0.05) is 5.87 Å². The Morgan fingerprint density at radius 3 is 3.19 bits per heavy atom. The molecule has 1 saturated heterocycles. The molecule has 2 heterocycles. The molecule has 1 aliphatic heterocycles. The van der Waals surface area contributed by atoms with Crippen molar-refractivity contribution in [3.8, 4) is 0 Å². The summed E-state index contributed by atoms with van der Waals surface area (Å²) in [7, 11) is -0.0194. The SMILES string of the molecule is C=S(C)c1ncc(CN2CCCOC2=N)s1. The molecule has 1 N–H and O–H groups in total. The first-order valence-electron chi connectivity index (χ1n) is 5.03. The number of hydrogen-bond acceptors (Lipinski definition) is 4. The number of aromatic nitrogens is 1. The van der Waals surface area contributed by atoms with Gasteiger partial charge in [0.2, 0.25) is 0 Å². The summed E-state index contributed by atoms with van der Waals surface area (Å²) in [5.74, 6) is 3.98. The van der Waals surface area contributed by atoms with Crippen LogP contribution in [0.2, 0.25) is 0 Å². The zero-order valence-electron chi connectivity index (χ0n) is 9.23. The summed E-state index contributed by atoms with van der Waals surface area (Å²) in [6.45, 7) is 2.29. The van der Waals surface area contributed by atoms with Crippen molar-refractivity contribution in [1.82, 2.24) is 9.88 Å². The van der Waals surface area contributed by atoms with E-state index in [-0.39, 0.29) is 16.5 Å². The highest BCUT2D eigenvalue weighted by molar-refractivity contribution is 8.14. The molecule has 1 aromatic heterocycles. The summed E-state index contributed by atoms with van der Waals surface area (Å²) < 4.78 is 6.28. The third-order valence-electron chi connectivity index (χ3n) is 2.28. The monoisotopic (exact) mass is 257 g/mol. The van der Waals surface area contributed by atoms with Crippen molar-refractivity contribution < 1.29 is 4.74 Å². The van der Waals surface area contributed by atoms with Gasteiger partial charge < -0.3 is 9.64 Å². The lowest BCUT2D eigenvalue weighted by Gasteiger charge is -2.28. The molecular weight excluding hydrogens is 242 g/mol. The minimum absolute atomic E-state index is 0.0194. The van der Waals surface area contributed by atoms with Crippen LogP contribution in [0.25, 0.3) is 0 Å². The number of nitrogens with one attached hydrogen (secondary N) is 1. The maximum atomic E-state index is 7.66. The van der Waals surface area contributed by atoms with Crippen molar-refractivity contribution in [2.24, 2.45) is 0 Å². The van der Waals surface area contributed by atoms with E-state index in [0.717, 1.165) is 23.8 Å². The van der Waals surface area contributed by atoms with Gasteiger partial charge in [-0.2, -0.15) is 0 Å². The minimum atomic E-state index is -0.0194. The maximum Gasteiger partial charge on any atom is 0.284 e. The van der Waals surface area contributed by atoms with Gasteiger partial charge in [-0.05, 0) is 12.7 Å². The van der Waals surface area contributed by atoms with Gasteiger partial charge in [0, 0.05) is 17.6 Å². The Balaban J connectivity index is 2.02. The highest BCUT2D eigenvalue weighted by Crippen LogP contribution is 2.27. The van der Waals surface area contributed by atoms with Gasteiger partial charge in [0.15, 0.2) is 0 Å². The Morgan fingerprint density at radius 1 is 1.75 bits per heavy atom. The Hall–Kier alpha value is -0.880. The quantitative estimate of drug-likeness (QED) is 0.842.